The van der Waals surface area contributed by atoms with Gasteiger partial charge in [0.2, 0.25) is 5.88 Å². The average molecular weight is 399 g/mol. The first kappa shape index (κ1) is 18.8. The van der Waals surface area contributed by atoms with E-state index >= 15 is 0 Å². The molecule has 0 radical (unpaired) electrons. The van der Waals surface area contributed by atoms with Gasteiger partial charge >= 0.3 is 0 Å². The summed E-state index contributed by atoms with van der Waals surface area (Å²) in [6.07, 6.45) is 5.98. The second-order valence-corrected chi connectivity index (χ2v) is 7.82. The van der Waals surface area contributed by atoms with Gasteiger partial charge in [-0.1, -0.05) is 48.5 Å². The number of aromatic nitrogens is 3. The maximum absolute atomic E-state index is 6.13. The van der Waals surface area contributed by atoms with Gasteiger partial charge in [0.25, 0.3) is 0 Å². The molecule has 1 saturated heterocycles. The first-order chi connectivity index (χ1) is 14.8. The van der Waals surface area contributed by atoms with Gasteiger partial charge in [-0.25, -0.2) is 0 Å². The minimum Gasteiger partial charge on any atom is -0.472 e. The zero-order chi connectivity index (χ0) is 20.3. The zero-order valence-electron chi connectivity index (χ0n) is 17.1. The van der Waals surface area contributed by atoms with Gasteiger partial charge in [-0.05, 0) is 36.0 Å². The van der Waals surface area contributed by atoms with Crippen LogP contribution >= 0.6 is 0 Å². The number of benzene rings is 2. The number of aryl methyl sites for hydroxylation is 1. The second-order valence-electron chi connectivity index (χ2n) is 7.82. The molecule has 152 valence electrons. The van der Waals surface area contributed by atoms with Gasteiger partial charge in [0, 0.05) is 49.2 Å². The summed E-state index contributed by atoms with van der Waals surface area (Å²) >= 11 is 0. The predicted octanol–water partition coefficient (Wildman–Crippen LogP) is 5.11. The van der Waals surface area contributed by atoms with Crippen LogP contribution in [0.2, 0.25) is 0 Å². The van der Waals surface area contributed by atoms with Crippen LogP contribution in [0.15, 0.2) is 67.0 Å². The highest BCUT2D eigenvalue weighted by atomic mass is 16.5. The number of hydrogen-bond donors (Lipinski definition) is 0. The van der Waals surface area contributed by atoms with E-state index in [2.05, 4.69) is 64.8 Å². The van der Waals surface area contributed by atoms with E-state index in [-0.39, 0.29) is 0 Å². The van der Waals surface area contributed by atoms with Gasteiger partial charge in [0.1, 0.15) is 6.61 Å². The van der Waals surface area contributed by atoms with Crippen molar-refractivity contribution in [3.05, 3.63) is 78.1 Å². The standard InChI is InChI=1S/C25H25N3O2/c1-28-16-23(20-11-14-29-15-12-20)25(27-28)30-17-18-7-9-19(10-8-18)22-6-2-4-21-5-3-13-26-24(21)22/h2-10,13,16,20H,11-12,14-15,17H2,1H3. The van der Waals surface area contributed by atoms with E-state index in [0.29, 0.717) is 12.5 Å². The van der Waals surface area contributed by atoms with Crippen LogP contribution in [0.3, 0.4) is 0 Å². The topological polar surface area (TPSA) is 49.2 Å². The minimum atomic E-state index is 0.462. The fourth-order valence-electron chi connectivity index (χ4n) is 4.16. The monoisotopic (exact) mass is 399 g/mol. The Labute approximate surface area is 176 Å². The van der Waals surface area contributed by atoms with Crippen LogP contribution < -0.4 is 4.74 Å². The van der Waals surface area contributed by atoms with Crippen molar-refractivity contribution in [3.63, 3.8) is 0 Å². The van der Waals surface area contributed by atoms with Crippen LogP contribution in [-0.2, 0) is 18.4 Å². The van der Waals surface area contributed by atoms with Crippen molar-refractivity contribution in [2.75, 3.05) is 13.2 Å². The SMILES string of the molecule is Cn1cc(C2CCOCC2)c(OCc2ccc(-c3cccc4cccnc34)cc2)n1. The lowest BCUT2D eigenvalue weighted by Gasteiger charge is -2.21. The first-order valence-corrected chi connectivity index (χ1v) is 10.4. The molecule has 2 aromatic carbocycles. The highest BCUT2D eigenvalue weighted by Crippen LogP contribution is 2.33. The lowest BCUT2D eigenvalue weighted by molar-refractivity contribution is 0.0845. The molecule has 0 aliphatic carbocycles. The predicted molar refractivity (Wildman–Crippen MR) is 118 cm³/mol. The molecule has 4 aromatic rings. The quantitative estimate of drug-likeness (QED) is 0.468. The van der Waals surface area contributed by atoms with Crippen molar-refractivity contribution in [2.45, 2.75) is 25.4 Å². The molecule has 1 aliphatic rings. The number of rotatable bonds is 5. The Morgan fingerprint density at radius 3 is 2.67 bits per heavy atom. The summed E-state index contributed by atoms with van der Waals surface area (Å²) in [5.74, 6) is 1.20. The number of pyridine rings is 1. The molecule has 0 amide bonds. The number of para-hydroxylation sites is 1. The van der Waals surface area contributed by atoms with E-state index in [4.69, 9.17) is 9.47 Å². The summed E-state index contributed by atoms with van der Waals surface area (Å²) in [5.41, 5.74) is 5.64. The van der Waals surface area contributed by atoms with Crippen molar-refractivity contribution in [3.8, 4) is 17.0 Å². The molecule has 0 saturated carbocycles. The Balaban J connectivity index is 1.33. The number of fused-ring (bicyclic) bond motifs is 1. The molecule has 0 N–H and O–H groups in total. The Morgan fingerprint density at radius 1 is 1.03 bits per heavy atom. The third-order valence-electron chi connectivity index (χ3n) is 5.76. The molecular formula is C25H25N3O2. The molecule has 1 aliphatic heterocycles. The molecule has 30 heavy (non-hydrogen) atoms. The lowest BCUT2D eigenvalue weighted by Crippen LogP contribution is -2.14. The van der Waals surface area contributed by atoms with E-state index < -0.39 is 0 Å². The summed E-state index contributed by atoms with van der Waals surface area (Å²) in [6, 6.07) is 18.9. The molecule has 5 nitrogen and oxygen atoms in total. The van der Waals surface area contributed by atoms with Crippen LogP contribution in [0.4, 0.5) is 0 Å². The van der Waals surface area contributed by atoms with Crippen LogP contribution in [-0.4, -0.2) is 28.0 Å². The van der Waals surface area contributed by atoms with E-state index in [1.165, 1.54) is 5.56 Å². The van der Waals surface area contributed by atoms with Gasteiger partial charge in [-0.15, -0.1) is 5.10 Å². The molecule has 3 heterocycles. The number of nitrogens with zero attached hydrogens (tertiary/aromatic N) is 3. The summed E-state index contributed by atoms with van der Waals surface area (Å²) in [4.78, 5) is 4.57. The van der Waals surface area contributed by atoms with Gasteiger partial charge in [0.05, 0.1) is 5.52 Å². The molecule has 0 bridgehead atoms. The van der Waals surface area contributed by atoms with E-state index in [1.807, 2.05) is 24.0 Å². The van der Waals surface area contributed by atoms with E-state index in [9.17, 15) is 0 Å². The normalized spacial score (nSPS) is 14.8. The van der Waals surface area contributed by atoms with Crippen molar-refractivity contribution in [1.29, 1.82) is 0 Å². The number of hydrogen-bond acceptors (Lipinski definition) is 4. The summed E-state index contributed by atoms with van der Waals surface area (Å²) in [7, 11) is 1.95. The summed E-state index contributed by atoms with van der Waals surface area (Å²) in [6.45, 7) is 2.12. The molecule has 0 atom stereocenters. The summed E-state index contributed by atoms with van der Waals surface area (Å²) in [5, 5.41) is 5.70. The van der Waals surface area contributed by atoms with Crippen LogP contribution in [0.5, 0.6) is 5.88 Å². The van der Waals surface area contributed by atoms with Crippen molar-refractivity contribution < 1.29 is 9.47 Å². The zero-order valence-corrected chi connectivity index (χ0v) is 17.1. The molecule has 0 unspecified atom stereocenters. The third-order valence-corrected chi connectivity index (χ3v) is 5.76. The highest BCUT2D eigenvalue weighted by Gasteiger charge is 2.22. The average Bonchev–Trinajstić information content (AvgIpc) is 3.19. The van der Waals surface area contributed by atoms with Crippen molar-refractivity contribution >= 4 is 10.9 Å². The fraction of sp³-hybridized carbons (Fsp3) is 0.280. The maximum atomic E-state index is 6.13. The smallest absolute Gasteiger partial charge is 0.236 e. The highest BCUT2D eigenvalue weighted by molar-refractivity contribution is 5.93. The Hall–Kier alpha value is -3.18. The van der Waals surface area contributed by atoms with Gasteiger partial charge < -0.3 is 9.47 Å². The van der Waals surface area contributed by atoms with Crippen LogP contribution in [0, 0.1) is 0 Å². The van der Waals surface area contributed by atoms with Crippen LogP contribution in [0.25, 0.3) is 22.0 Å². The van der Waals surface area contributed by atoms with E-state index in [1.54, 1.807) is 0 Å². The van der Waals surface area contributed by atoms with Gasteiger partial charge in [-0.3, -0.25) is 9.67 Å². The van der Waals surface area contributed by atoms with Gasteiger partial charge in [-0.2, -0.15) is 0 Å². The molecule has 2 aromatic heterocycles. The first-order valence-electron chi connectivity index (χ1n) is 10.4. The summed E-state index contributed by atoms with van der Waals surface area (Å²) < 4.78 is 13.5. The van der Waals surface area contributed by atoms with Crippen molar-refractivity contribution in [1.82, 2.24) is 14.8 Å². The second kappa shape index (κ2) is 8.28. The third kappa shape index (κ3) is 3.81. The minimum absolute atomic E-state index is 0.462. The Bertz CT molecular complexity index is 1140. The molecule has 5 heteroatoms. The van der Waals surface area contributed by atoms with Crippen LogP contribution in [0.1, 0.15) is 29.9 Å². The van der Waals surface area contributed by atoms with E-state index in [0.717, 1.165) is 59.5 Å². The fourth-order valence-corrected chi connectivity index (χ4v) is 4.16. The Kier molecular flexibility index (Phi) is 5.20. The molecule has 5 rings (SSSR count). The molecule has 0 spiro atoms. The molecule has 1 fully saturated rings. The maximum Gasteiger partial charge on any atom is 0.236 e. The molecular weight excluding hydrogens is 374 g/mol. The lowest BCUT2D eigenvalue weighted by atomic mass is 9.94. The number of ether oxygens (including phenoxy) is 2. The Morgan fingerprint density at radius 2 is 1.83 bits per heavy atom. The van der Waals surface area contributed by atoms with Crippen molar-refractivity contribution in [2.24, 2.45) is 7.05 Å². The largest absolute Gasteiger partial charge is 0.472 e. The van der Waals surface area contributed by atoms with Gasteiger partial charge in [0.15, 0.2) is 0 Å².